The smallest absolute Gasteiger partial charge is 0.253 e. The highest BCUT2D eigenvalue weighted by atomic mass is 79.9. The average Bonchev–Trinajstić information content (AvgIpc) is 3.06. The van der Waals surface area contributed by atoms with E-state index in [2.05, 4.69) is 49.5 Å². The molecule has 0 saturated heterocycles. The summed E-state index contributed by atoms with van der Waals surface area (Å²) in [5, 5.41) is 7.87. The summed E-state index contributed by atoms with van der Waals surface area (Å²) in [6, 6.07) is 5.50. The van der Waals surface area contributed by atoms with Crippen molar-refractivity contribution in [2.24, 2.45) is 5.73 Å². The van der Waals surface area contributed by atoms with Gasteiger partial charge < -0.3 is 11.1 Å². The Labute approximate surface area is 156 Å². The van der Waals surface area contributed by atoms with Gasteiger partial charge in [-0.25, -0.2) is 13.8 Å². The molecule has 2 heterocycles. The molecule has 1 aromatic carbocycles. The summed E-state index contributed by atoms with van der Waals surface area (Å²) >= 11 is 3.36. The lowest BCUT2D eigenvalue weighted by molar-refractivity contribution is 0.506. The van der Waals surface area contributed by atoms with E-state index >= 15 is 0 Å². The average molecular weight is 421 g/mol. The van der Waals surface area contributed by atoms with Gasteiger partial charge in [0.2, 0.25) is 0 Å². The predicted octanol–water partition coefficient (Wildman–Crippen LogP) is 2.99. The third-order valence-corrected chi connectivity index (χ3v) is 4.16. The lowest BCUT2D eigenvalue weighted by Gasteiger charge is -2.12. The number of aromatic nitrogens is 4. The molecule has 0 amide bonds. The quantitative estimate of drug-likeness (QED) is 0.599. The van der Waals surface area contributed by atoms with Crippen LogP contribution in [-0.2, 0) is 11.9 Å². The van der Waals surface area contributed by atoms with Gasteiger partial charge >= 0.3 is 0 Å². The van der Waals surface area contributed by atoms with Crippen molar-refractivity contribution in [1.82, 2.24) is 24.9 Å². The summed E-state index contributed by atoms with van der Waals surface area (Å²) in [5.41, 5.74) is 8.32. The molecule has 0 aliphatic rings. The molecule has 0 radical (unpaired) electrons. The number of fused-ring (bicyclic) bond motifs is 1. The van der Waals surface area contributed by atoms with E-state index < -0.39 is 11.6 Å². The molecule has 9 heteroatoms. The van der Waals surface area contributed by atoms with Crippen LogP contribution in [0.4, 0.5) is 8.78 Å². The molecule has 3 N–H and O–H groups in total. The van der Waals surface area contributed by atoms with Crippen molar-refractivity contribution in [2.75, 3.05) is 0 Å². The number of halogens is 3. The van der Waals surface area contributed by atoms with Gasteiger partial charge in [-0.05, 0) is 23.8 Å². The Morgan fingerprint density at radius 3 is 2.62 bits per heavy atom. The number of nitrogens with one attached hydrogen (secondary N) is 1. The maximum Gasteiger partial charge on any atom is 0.253 e. The lowest BCUT2D eigenvalue weighted by Crippen LogP contribution is -2.15. The van der Waals surface area contributed by atoms with Crippen LogP contribution < -0.4 is 11.1 Å². The van der Waals surface area contributed by atoms with Gasteiger partial charge in [0.15, 0.2) is 17.5 Å². The molecule has 6 nitrogen and oxygen atoms in total. The van der Waals surface area contributed by atoms with Crippen LogP contribution in [0.25, 0.3) is 17.2 Å². The van der Waals surface area contributed by atoms with Crippen molar-refractivity contribution in [3.05, 3.63) is 71.8 Å². The van der Waals surface area contributed by atoms with E-state index in [-0.39, 0.29) is 18.1 Å². The molecule has 0 atom stereocenters. The van der Waals surface area contributed by atoms with Crippen LogP contribution >= 0.6 is 15.9 Å². The summed E-state index contributed by atoms with van der Waals surface area (Å²) in [7, 11) is 0. The second-order valence-electron chi connectivity index (χ2n) is 5.52. The van der Waals surface area contributed by atoms with Crippen molar-refractivity contribution in [3.63, 3.8) is 0 Å². The first kappa shape index (κ1) is 18.0. The molecule has 0 bridgehead atoms. The van der Waals surface area contributed by atoms with Crippen LogP contribution in [0.2, 0.25) is 0 Å². The maximum atomic E-state index is 13.3. The number of nitrogens with zero attached hydrogens (tertiary/aromatic N) is 4. The van der Waals surface area contributed by atoms with Gasteiger partial charge in [0.05, 0.1) is 22.8 Å². The van der Waals surface area contributed by atoms with Crippen LogP contribution in [0, 0.1) is 11.6 Å². The van der Waals surface area contributed by atoms with Crippen LogP contribution in [0.3, 0.4) is 0 Å². The topological polar surface area (TPSA) is 81.1 Å². The minimum absolute atomic E-state index is 0.224. The Bertz CT molecular complexity index is 1010. The number of alkyl halides is 1. The second kappa shape index (κ2) is 7.20. The number of benzene rings is 1. The zero-order chi connectivity index (χ0) is 18.8. The molecule has 0 aliphatic carbocycles. The zero-order valence-corrected chi connectivity index (χ0v) is 15.2. The molecule has 3 aromatic rings. The fraction of sp³-hybridized carbons (Fsp3) is 0.118. The molecule has 0 fully saturated rings. The number of rotatable bonds is 6. The minimum atomic E-state index is -0.898. The Morgan fingerprint density at radius 2 is 1.96 bits per heavy atom. The van der Waals surface area contributed by atoms with Crippen molar-refractivity contribution in [3.8, 4) is 0 Å². The highest BCUT2D eigenvalue weighted by molar-refractivity contribution is 9.08. The SMILES string of the molecule is C=C(N)c1nc2nc(CBr)cc(C(=C)NCc3ccc(F)c(F)c3)n2n1. The van der Waals surface area contributed by atoms with Crippen molar-refractivity contribution < 1.29 is 8.78 Å². The van der Waals surface area contributed by atoms with E-state index in [0.717, 1.165) is 17.8 Å². The fourth-order valence-corrected chi connectivity index (χ4v) is 2.57. The highest BCUT2D eigenvalue weighted by Gasteiger charge is 2.14. The van der Waals surface area contributed by atoms with Crippen molar-refractivity contribution in [1.29, 1.82) is 0 Å². The summed E-state index contributed by atoms with van der Waals surface area (Å²) in [6.45, 7) is 7.88. The van der Waals surface area contributed by atoms with Crippen LogP contribution in [-0.4, -0.2) is 19.6 Å². The predicted molar refractivity (Wildman–Crippen MR) is 98.9 cm³/mol. The Balaban J connectivity index is 1.91. The number of hydrogen-bond donors (Lipinski definition) is 2. The highest BCUT2D eigenvalue weighted by Crippen LogP contribution is 2.17. The Hall–Kier alpha value is -2.81. The van der Waals surface area contributed by atoms with E-state index in [1.165, 1.54) is 10.6 Å². The molecular formula is C17H15BrF2N6. The van der Waals surface area contributed by atoms with Gasteiger partial charge in [-0.3, -0.25) is 0 Å². The number of nitrogens with two attached hydrogens (primary N) is 1. The Kier molecular flexibility index (Phi) is 4.99. The van der Waals surface area contributed by atoms with E-state index in [1.807, 2.05) is 0 Å². The molecule has 0 spiro atoms. The molecule has 0 saturated carbocycles. The van der Waals surface area contributed by atoms with E-state index in [4.69, 9.17) is 5.73 Å². The van der Waals surface area contributed by atoms with Crippen LogP contribution in [0.15, 0.2) is 37.4 Å². The summed E-state index contributed by atoms with van der Waals surface area (Å²) < 4.78 is 27.9. The molecule has 0 unspecified atom stereocenters. The molecule has 3 rings (SSSR count). The monoisotopic (exact) mass is 420 g/mol. The molecule has 26 heavy (non-hydrogen) atoms. The van der Waals surface area contributed by atoms with Gasteiger partial charge in [-0.2, -0.15) is 9.50 Å². The van der Waals surface area contributed by atoms with Gasteiger partial charge in [-0.1, -0.05) is 35.2 Å². The van der Waals surface area contributed by atoms with E-state index in [9.17, 15) is 8.78 Å². The third-order valence-electron chi connectivity index (χ3n) is 3.59. The van der Waals surface area contributed by atoms with Gasteiger partial charge in [0, 0.05) is 11.9 Å². The van der Waals surface area contributed by atoms with Gasteiger partial charge in [-0.15, -0.1) is 5.10 Å². The largest absolute Gasteiger partial charge is 0.396 e. The maximum absolute atomic E-state index is 13.3. The third kappa shape index (κ3) is 3.57. The molecule has 2 aromatic heterocycles. The first-order valence-corrected chi connectivity index (χ1v) is 8.65. The summed E-state index contributed by atoms with van der Waals surface area (Å²) in [6.07, 6.45) is 0. The lowest BCUT2D eigenvalue weighted by atomic mass is 10.2. The first-order valence-electron chi connectivity index (χ1n) is 7.53. The van der Waals surface area contributed by atoms with Crippen molar-refractivity contribution >= 4 is 33.1 Å². The van der Waals surface area contributed by atoms with Crippen molar-refractivity contribution in [2.45, 2.75) is 11.9 Å². The molecule has 0 aliphatic heterocycles. The normalized spacial score (nSPS) is 10.9. The fourth-order valence-electron chi connectivity index (χ4n) is 2.29. The van der Waals surface area contributed by atoms with Gasteiger partial charge in [0.1, 0.15) is 0 Å². The molecule has 134 valence electrons. The van der Waals surface area contributed by atoms with Crippen LogP contribution in [0.1, 0.15) is 22.8 Å². The van der Waals surface area contributed by atoms with E-state index in [0.29, 0.717) is 28.1 Å². The summed E-state index contributed by atoms with van der Waals surface area (Å²) in [5.74, 6) is -1.15. The Morgan fingerprint density at radius 1 is 1.19 bits per heavy atom. The van der Waals surface area contributed by atoms with E-state index in [1.54, 1.807) is 6.07 Å². The molecular weight excluding hydrogens is 406 g/mol. The zero-order valence-electron chi connectivity index (χ0n) is 13.6. The second-order valence-corrected chi connectivity index (χ2v) is 6.08. The van der Waals surface area contributed by atoms with Crippen LogP contribution in [0.5, 0.6) is 0 Å². The van der Waals surface area contributed by atoms with Gasteiger partial charge in [0.25, 0.3) is 5.78 Å². The minimum Gasteiger partial charge on any atom is -0.396 e. The first-order chi connectivity index (χ1) is 12.4. The summed E-state index contributed by atoms with van der Waals surface area (Å²) in [4.78, 5) is 8.60. The number of hydrogen-bond acceptors (Lipinski definition) is 5. The standard InChI is InChI=1S/C17H15BrF2N6/c1-9(21)16-24-17-23-12(7-18)6-15(26(17)25-16)10(2)22-8-11-3-4-13(19)14(20)5-11/h3-6,22H,1-2,7-8,21H2.